The number of nitrogens with zero attached hydrogens (tertiary/aromatic N) is 2. The van der Waals surface area contributed by atoms with Crippen LogP contribution in [-0.2, 0) is 13.1 Å². The molecule has 5 heteroatoms. The highest BCUT2D eigenvalue weighted by molar-refractivity contribution is 5.85. The lowest BCUT2D eigenvalue weighted by Crippen LogP contribution is -2.18. The Balaban J connectivity index is 1.82. The summed E-state index contributed by atoms with van der Waals surface area (Å²) < 4.78 is 5.30. The quantitative estimate of drug-likeness (QED) is 0.757. The summed E-state index contributed by atoms with van der Waals surface area (Å²) in [6.45, 7) is 3.86. The molecule has 0 spiro atoms. The van der Waals surface area contributed by atoms with Crippen molar-refractivity contribution in [1.82, 2.24) is 20.1 Å². The smallest absolute Gasteiger partial charge is 0.119 e. The molecule has 0 aliphatic carbocycles. The number of aromatic nitrogens is 3. The van der Waals surface area contributed by atoms with Crippen molar-refractivity contribution < 1.29 is 4.74 Å². The van der Waals surface area contributed by atoms with Crippen LogP contribution in [0.25, 0.3) is 10.9 Å². The fraction of sp³-hybridized carbons (Fsp3) is 0.312. The van der Waals surface area contributed by atoms with E-state index < -0.39 is 0 Å². The SMILES string of the molecule is COc1ccc2[nH]c(CN(C)Cc3ccn[nH]3)c(C)c2c1. The topological polar surface area (TPSA) is 56.9 Å². The first-order chi connectivity index (χ1) is 10.2. The van der Waals surface area contributed by atoms with Crippen molar-refractivity contribution in [3.63, 3.8) is 0 Å². The zero-order valence-corrected chi connectivity index (χ0v) is 12.6. The van der Waals surface area contributed by atoms with Crippen LogP contribution in [0, 0.1) is 6.92 Å². The van der Waals surface area contributed by atoms with Crippen LogP contribution in [0.3, 0.4) is 0 Å². The number of H-pyrrole nitrogens is 2. The Morgan fingerprint density at radius 3 is 2.81 bits per heavy atom. The van der Waals surface area contributed by atoms with E-state index in [9.17, 15) is 0 Å². The highest BCUT2D eigenvalue weighted by Gasteiger charge is 2.11. The van der Waals surface area contributed by atoms with E-state index in [1.165, 1.54) is 16.6 Å². The maximum Gasteiger partial charge on any atom is 0.119 e. The molecule has 0 bridgehead atoms. The standard InChI is InChI=1S/C16H20N4O/c1-11-14-8-13(21-3)4-5-15(14)18-16(11)10-20(2)9-12-6-7-17-19-12/h4-8,18H,9-10H2,1-3H3,(H,17,19). The van der Waals surface area contributed by atoms with E-state index in [0.29, 0.717) is 0 Å². The van der Waals surface area contributed by atoms with E-state index in [4.69, 9.17) is 4.74 Å². The zero-order valence-electron chi connectivity index (χ0n) is 12.6. The minimum absolute atomic E-state index is 0.845. The molecule has 5 nitrogen and oxygen atoms in total. The molecule has 0 atom stereocenters. The van der Waals surface area contributed by atoms with Crippen LogP contribution in [0.4, 0.5) is 0 Å². The lowest BCUT2D eigenvalue weighted by molar-refractivity contribution is 0.311. The molecule has 0 amide bonds. The molecule has 0 aliphatic heterocycles. The summed E-state index contributed by atoms with van der Waals surface area (Å²) in [6, 6.07) is 8.13. The van der Waals surface area contributed by atoms with Gasteiger partial charge in [0.05, 0.1) is 7.11 Å². The van der Waals surface area contributed by atoms with Gasteiger partial charge in [0.2, 0.25) is 0 Å². The molecule has 3 aromatic rings. The molecule has 2 N–H and O–H groups in total. The Labute approximate surface area is 123 Å². The predicted octanol–water partition coefficient (Wildman–Crippen LogP) is 2.84. The number of ether oxygens (including phenoxy) is 1. The Morgan fingerprint density at radius 1 is 1.24 bits per heavy atom. The molecule has 3 rings (SSSR count). The van der Waals surface area contributed by atoms with Crippen LogP contribution in [0.2, 0.25) is 0 Å². The molecular formula is C16H20N4O. The largest absolute Gasteiger partial charge is 0.497 e. The van der Waals surface area contributed by atoms with Crippen molar-refractivity contribution in [3.05, 3.63) is 47.4 Å². The molecule has 2 aromatic heterocycles. The van der Waals surface area contributed by atoms with E-state index in [1.54, 1.807) is 13.3 Å². The number of hydrogen-bond donors (Lipinski definition) is 2. The van der Waals surface area contributed by atoms with Gasteiger partial charge < -0.3 is 9.72 Å². The lowest BCUT2D eigenvalue weighted by Gasteiger charge is -2.15. The Bertz CT molecular complexity index is 730. The molecule has 21 heavy (non-hydrogen) atoms. The van der Waals surface area contributed by atoms with Gasteiger partial charge in [0.15, 0.2) is 0 Å². The molecule has 0 aliphatic rings. The molecule has 0 saturated heterocycles. The summed E-state index contributed by atoms with van der Waals surface area (Å²) in [6.07, 6.45) is 1.78. The van der Waals surface area contributed by atoms with Crippen LogP contribution in [-0.4, -0.2) is 34.2 Å². The molecule has 0 radical (unpaired) electrons. The van der Waals surface area contributed by atoms with Gasteiger partial charge in [-0.05, 0) is 43.8 Å². The summed E-state index contributed by atoms with van der Waals surface area (Å²) >= 11 is 0. The van der Waals surface area contributed by atoms with Crippen molar-refractivity contribution in [3.8, 4) is 5.75 Å². The van der Waals surface area contributed by atoms with E-state index in [0.717, 1.165) is 30.0 Å². The van der Waals surface area contributed by atoms with Crippen molar-refractivity contribution in [1.29, 1.82) is 0 Å². The number of methoxy groups -OCH3 is 1. The number of nitrogens with one attached hydrogen (secondary N) is 2. The molecule has 0 saturated carbocycles. The van der Waals surface area contributed by atoms with Gasteiger partial charge in [0, 0.05) is 41.6 Å². The normalized spacial score (nSPS) is 11.4. The van der Waals surface area contributed by atoms with Gasteiger partial charge in [-0.1, -0.05) is 0 Å². The molecule has 2 heterocycles. The lowest BCUT2D eigenvalue weighted by atomic mass is 10.1. The second-order valence-corrected chi connectivity index (χ2v) is 5.39. The Morgan fingerprint density at radius 2 is 2.10 bits per heavy atom. The Hall–Kier alpha value is -2.27. The zero-order chi connectivity index (χ0) is 14.8. The van der Waals surface area contributed by atoms with Crippen molar-refractivity contribution in [2.75, 3.05) is 14.2 Å². The van der Waals surface area contributed by atoms with E-state index >= 15 is 0 Å². The van der Waals surface area contributed by atoms with E-state index in [-0.39, 0.29) is 0 Å². The minimum atomic E-state index is 0.845. The summed E-state index contributed by atoms with van der Waals surface area (Å²) in [7, 11) is 3.80. The maximum absolute atomic E-state index is 5.30. The third-order valence-corrected chi connectivity index (χ3v) is 3.80. The summed E-state index contributed by atoms with van der Waals surface area (Å²) in [5, 5.41) is 8.19. The van der Waals surface area contributed by atoms with Crippen LogP contribution < -0.4 is 4.74 Å². The molecule has 0 unspecified atom stereocenters. The first-order valence-corrected chi connectivity index (χ1v) is 6.99. The van der Waals surface area contributed by atoms with Crippen LogP contribution in [0.5, 0.6) is 5.75 Å². The molecular weight excluding hydrogens is 264 g/mol. The van der Waals surface area contributed by atoms with Gasteiger partial charge in [-0.3, -0.25) is 10.00 Å². The van der Waals surface area contributed by atoms with Gasteiger partial charge in [-0.2, -0.15) is 5.10 Å². The van der Waals surface area contributed by atoms with Gasteiger partial charge >= 0.3 is 0 Å². The highest BCUT2D eigenvalue weighted by atomic mass is 16.5. The van der Waals surface area contributed by atoms with Crippen molar-refractivity contribution in [2.24, 2.45) is 0 Å². The molecule has 110 valence electrons. The number of aryl methyl sites for hydroxylation is 1. The second kappa shape index (κ2) is 5.61. The van der Waals surface area contributed by atoms with Crippen molar-refractivity contribution >= 4 is 10.9 Å². The van der Waals surface area contributed by atoms with Crippen molar-refractivity contribution in [2.45, 2.75) is 20.0 Å². The summed E-state index contributed by atoms with van der Waals surface area (Å²) in [4.78, 5) is 5.76. The first-order valence-electron chi connectivity index (χ1n) is 6.99. The average Bonchev–Trinajstić information content (AvgIpc) is 3.08. The predicted molar refractivity (Wildman–Crippen MR) is 83.3 cm³/mol. The number of fused-ring (bicyclic) bond motifs is 1. The summed E-state index contributed by atoms with van der Waals surface area (Å²) in [5.41, 5.74) is 4.78. The highest BCUT2D eigenvalue weighted by Crippen LogP contribution is 2.26. The number of benzene rings is 1. The number of aromatic amines is 2. The van der Waals surface area contributed by atoms with Gasteiger partial charge in [0.25, 0.3) is 0 Å². The summed E-state index contributed by atoms with van der Waals surface area (Å²) in [5.74, 6) is 0.891. The molecule has 0 fully saturated rings. The van der Waals surface area contributed by atoms with Gasteiger partial charge in [-0.15, -0.1) is 0 Å². The van der Waals surface area contributed by atoms with Crippen LogP contribution in [0.15, 0.2) is 30.5 Å². The Kier molecular flexibility index (Phi) is 3.66. The van der Waals surface area contributed by atoms with E-state index in [2.05, 4.69) is 46.2 Å². The maximum atomic E-state index is 5.30. The monoisotopic (exact) mass is 284 g/mol. The third-order valence-electron chi connectivity index (χ3n) is 3.80. The molecule has 1 aromatic carbocycles. The first kappa shape index (κ1) is 13.7. The van der Waals surface area contributed by atoms with Crippen LogP contribution >= 0.6 is 0 Å². The number of rotatable bonds is 5. The average molecular weight is 284 g/mol. The van der Waals surface area contributed by atoms with Gasteiger partial charge in [-0.25, -0.2) is 0 Å². The minimum Gasteiger partial charge on any atom is -0.497 e. The third kappa shape index (κ3) is 2.78. The van der Waals surface area contributed by atoms with Crippen LogP contribution in [0.1, 0.15) is 17.0 Å². The van der Waals surface area contributed by atoms with E-state index in [1.807, 2.05) is 12.1 Å². The second-order valence-electron chi connectivity index (χ2n) is 5.39. The number of hydrogen-bond acceptors (Lipinski definition) is 3. The fourth-order valence-corrected chi connectivity index (χ4v) is 2.64. The van der Waals surface area contributed by atoms with Gasteiger partial charge in [0.1, 0.15) is 5.75 Å². The fourth-order valence-electron chi connectivity index (χ4n) is 2.64.